The van der Waals surface area contributed by atoms with Crippen LogP contribution in [0, 0.1) is 0 Å². The Morgan fingerprint density at radius 3 is 2.89 bits per heavy atom. The van der Waals surface area contributed by atoms with Gasteiger partial charge in [0.2, 0.25) is 5.75 Å². The molecule has 100 valence electrons. The van der Waals surface area contributed by atoms with Crippen molar-refractivity contribution in [3.8, 4) is 17.4 Å². The summed E-state index contributed by atoms with van der Waals surface area (Å²) in [5, 5.41) is 9.08. The molecule has 7 heteroatoms. The van der Waals surface area contributed by atoms with E-state index in [-0.39, 0.29) is 12.5 Å². The van der Waals surface area contributed by atoms with Gasteiger partial charge >= 0.3 is 0 Å². The zero-order valence-corrected chi connectivity index (χ0v) is 10.3. The number of rotatable bonds is 5. The van der Waals surface area contributed by atoms with E-state index in [9.17, 15) is 0 Å². The summed E-state index contributed by atoms with van der Waals surface area (Å²) < 4.78 is 10.8. The highest BCUT2D eigenvalue weighted by atomic mass is 16.5. The number of anilines is 1. The minimum absolute atomic E-state index is 0.0618. The minimum atomic E-state index is -0.0618. The van der Waals surface area contributed by atoms with Gasteiger partial charge in [-0.1, -0.05) is 12.1 Å². The number of hydrazine groups is 1. The third-order valence-corrected chi connectivity index (χ3v) is 2.41. The average molecular weight is 262 g/mol. The second kappa shape index (κ2) is 5.98. The summed E-state index contributed by atoms with van der Waals surface area (Å²) in [5.74, 6) is 6.73. The highest BCUT2D eigenvalue weighted by Crippen LogP contribution is 2.33. The van der Waals surface area contributed by atoms with Crippen molar-refractivity contribution in [2.24, 2.45) is 5.84 Å². The van der Waals surface area contributed by atoms with Crippen LogP contribution in [0.5, 0.6) is 17.4 Å². The van der Waals surface area contributed by atoms with Gasteiger partial charge in [-0.25, -0.2) is 10.8 Å². The molecule has 1 aromatic carbocycles. The first-order valence-electron chi connectivity index (χ1n) is 5.51. The molecule has 4 N–H and O–H groups in total. The van der Waals surface area contributed by atoms with Crippen molar-refractivity contribution in [1.82, 2.24) is 9.97 Å². The highest BCUT2D eigenvalue weighted by Gasteiger charge is 2.13. The largest absolute Gasteiger partial charge is 0.489 e. The Kier molecular flexibility index (Phi) is 4.11. The van der Waals surface area contributed by atoms with Crippen LogP contribution in [0.3, 0.4) is 0 Å². The summed E-state index contributed by atoms with van der Waals surface area (Å²) >= 11 is 0. The molecule has 0 amide bonds. The Hall–Kier alpha value is -2.38. The third-order valence-electron chi connectivity index (χ3n) is 2.41. The van der Waals surface area contributed by atoms with Gasteiger partial charge in [-0.05, 0) is 17.7 Å². The van der Waals surface area contributed by atoms with Crippen molar-refractivity contribution in [2.75, 3.05) is 12.5 Å². The maximum Gasteiger partial charge on any atom is 0.268 e. The quantitative estimate of drug-likeness (QED) is 0.546. The van der Waals surface area contributed by atoms with Gasteiger partial charge in [0, 0.05) is 0 Å². The van der Waals surface area contributed by atoms with Gasteiger partial charge in [0.15, 0.2) is 5.82 Å². The Labute approximate surface area is 110 Å². The van der Waals surface area contributed by atoms with Crippen LogP contribution in [0.25, 0.3) is 0 Å². The normalized spacial score (nSPS) is 10.1. The Balaban J connectivity index is 2.32. The maximum atomic E-state index is 9.08. The minimum Gasteiger partial charge on any atom is -0.489 e. The smallest absolute Gasteiger partial charge is 0.268 e. The van der Waals surface area contributed by atoms with Crippen molar-refractivity contribution in [3.05, 3.63) is 36.2 Å². The summed E-state index contributed by atoms with van der Waals surface area (Å²) in [7, 11) is 1.47. The predicted molar refractivity (Wildman–Crippen MR) is 68.8 cm³/mol. The fourth-order valence-corrected chi connectivity index (χ4v) is 1.54. The third kappa shape index (κ3) is 2.90. The number of aliphatic hydroxyl groups excluding tert-OH is 1. The van der Waals surface area contributed by atoms with E-state index in [2.05, 4.69) is 15.4 Å². The maximum absolute atomic E-state index is 9.08. The van der Waals surface area contributed by atoms with Crippen LogP contribution in [0.4, 0.5) is 5.82 Å². The van der Waals surface area contributed by atoms with Gasteiger partial charge in [-0.2, -0.15) is 4.98 Å². The zero-order chi connectivity index (χ0) is 13.7. The van der Waals surface area contributed by atoms with Crippen molar-refractivity contribution >= 4 is 5.82 Å². The van der Waals surface area contributed by atoms with E-state index in [4.69, 9.17) is 20.4 Å². The van der Waals surface area contributed by atoms with Gasteiger partial charge in [0.25, 0.3) is 5.88 Å². The number of nitrogen functional groups attached to an aromatic ring is 1. The lowest BCUT2D eigenvalue weighted by atomic mass is 10.2. The van der Waals surface area contributed by atoms with Gasteiger partial charge in [-0.15, -0.1) is 0 Å². The summed E-state index contributed by atoms with van der Waals surface area (Å²) in [6.07, 6.45) is 1.31. The van der Waals surface area contributed by atoms with Gasteiger partial charge in [-0.3, -0.25) is 0 Å². The first-order valence-corrected chi connectivity index (χ1v) is 5.51. The first kappa shape index (κ1) is 13.1. The number of hydrogen-bond donors (Lipinski definition) is 3. The molecule has 19 heavy (non-hydrogen) atoms. The van der Waals surface area contributed by atoms with Crippen molar-refractivity contribution in [3.63, 3.8) is 0 Å². The molecule has 2 rings (SSSR count). The Morgan fingerprint density at radius 1 is 1.37 bits per heavy atom. The summed E-state index contributed by atoms with van der Waals surface area (Å²) in [5.41, 5.74) is 3.14. The molecule has 0 aliphatic rings. The molecule has 0 spiro atoms. The number of ether oxygens (including phenoxy) is 2. The lowest BCUT2D eigenvalue weighted by Gasteiger charge is -2.11. The average Bonchev–Trinajstić information content (AvgIpc) is 2.47. The van der Waals surface area contributed by atoms with Crippen LogP contribution in [0.2, 0.25) is 0 Å². The van der Waals surface area contributed by atoms with Gasteiger partial charge < -0.3 is 20.0 Å². The lowest BCUT2D eigenvalue weighted by Crippen LogP contribution is -2.11. The Bertz CT molecular complexity index is 562. The molecule has 2 aromatic rings. The van der Waals surface area contributed by atoms with E-state index in [1.54, 1.807) is 24.3 Å². The van der Waals surface area contributed by atoms with E-state index < -0.39 is 0 Å². The molecule has 0 aliphatic carbocycles. The van der Waals surface area contributed by atoms with E-state index >= 15 is 0 Å². The van der Waals surface area contributed by atoms with Gasteiger partial charge in [0.1, 0.15) is 12.1 Å². The van der Waals surface area contributed by atoms with Crippen LogP contribution < -0.4 is 20.7 Å². The molecule has 7 nitrogen and oxygen atoms in total. The Morgan fingerprint density at radius 2 is 2.21 bits per heavy atom. The molecule has 1 aromatic heterocycles. The summed E-state index contributed by atoms with van der Waals surface area (Å²) in [4.78, 5) is 7.90. The van der Waals surface area contributed by atoms with Crippen molar-refractivity contribution in [1.29, 1.82) is 0 Å². The molecule has 0 atom stereocenters. The summed E-state index contributed by atoms with van der Waals surface area (Å²) in [6, 6.07) is 7.01. The number of aliphatic hydroxyl groups is 1. The fraction of sp³-hybridized carbons (Fsp3) is 0.167. The number of nitrogens with two attached hydrogens (primary N) is 1. The van der Waals surface area contributed by atoms with Gasteiger partial charge in [0.05, 0.1) is 13.7 Å². The molecular weight excluding hydrogens is 248 g/mol. The van der Waals surface area contributed by atoms with E-state index in [1.807, 2.05) is 0 Å². The second-order valence-electron chi connectivity index (χ2n) is 3.61. The molecule has 1 heterocycles. The summed E-state index contributed by atoms with van der Waals surface area (Å²) in [6.45, 7) is -0.0618. The van der Waals surface area contributed by atoms with Crippen molar-refractivity contribution < 1.29 is 14.6 Å². The molecule has 0 radical (unpaired) electrons. The molecule has 0 saturated heterocycles. The SMILES string of the molecule is COc1c(NN)ncnc1Oc1cccc(CO)c1. The van der Waals surface area contributed by atoms with E-state index in [1.165, 1.54) is 13.4 Å². The molecule has 0 bridgehead atoms. The first-order chi connectivity index (χ1) is 9.28. The van der Waals surface area contributed by atoms with Crippen LogP contribution in [-0.4, -0.2) is 22.2 Å². The number of hydrogen-bond acceptors (Lipinski definition) is 7. The predicted octanol–water partition coefficient (Wildman–Crippen LogP) is 1.06. The van der Waals surface area contributed by atoms with E-state index in [0.29, 0.717) is 17.3 Å². The molecule has 0 unspecified atom stereocenters. The molecule has 0 saturated carbocycles. The molecule has 0 fully saturated rings. The van der Waals surface area contributed by atoms with E-state index in [0.717, 1.165) is 5.56 Å². The standard InChI is InChI=1S/C12H14N4O3/c1-18-10-11(16-13)14-7-15-12(10)19-9-4-2-3-8(5-9)6-17/h2-5,7,17H,6,13H2,1H3,(H,14,15,16). The second-order valence-corrected chi connectivity index (χ2v) is 3.61. The monoisotopic (exact) mass is 262 g/mol. The number of methoxy groups -OCH3 is 1. The van der Waals surface area contributed by atoms with Crippen LogP contribution in [0.15, 0.2) is 30.6 Å². The number of aromatic nitrogens is 2. The zero-order valence-electron chi connectivity index (χ0n) is 10.3. The highest BCUT2D eigenvalue weighted by molar-refractivity contribution is 5.55. The molecule has 0 aliphatic heterocycles. The lowest BCUT2D eigenvalue weighted by molar-refractivity contribution is 0.281. The topological polar surface area (TPSA) is 103 Å². The number of nitrogens with zero attached hydrogens (tertiary/aromatic N) is 2. The van der Waals surface area contributed by atoms with Crippen molar-refractivity contribution in [2.45, 2.75) is 6.61 Å². The van der Waals surface area contributed by atoms with Crippen LogP contribution >= 0.6 is 0 Å². The number of benzene rings is 1. The number of nitrogens with one attached hydrogen (secondary N) is 1. The van der Waals surface area contributed by atoms with Crippen LogP contribution in [0.1, 0.15) is 5.56 Å². The van der Waals surface area contributed by atoms with Crippen LogP contribution in [-0.2, 0) is 6.61 Å². The molecular formula is C12H14N4O3. The fourth-order valence-electron chi connectivity index (χ4n) is 1.54.